The summed E-state index contributed by atoms with van der Waals surface area (Å²) in [6, 6.07) is 0.598. The van der Waals surface area contributed by atoms with Gasteiger partial charge in [0.05, 0.1) is 17.7 Å². The first kappa shape index (κ1) is 38.6. The summed E-state index contributed by atoms with van der Waals surface area (Å²) in [5.74, 6) is -6.63. The van der Waals surface area contributed by atoms with Crippen molar-refractivity contribution in [1.29, 1.82) is 0 Å². The fourth-order valence-corrected chi connectivity index (χ4v) is 5.74. The Morgan fingerprint density at radius 1 is 0.884 bits per heavy atom. The van der Waals surface area contributed by atoms with Crippen molar-refractivity contribution in [2.24, 2.45) is 0 Å². The van der Waals surface area contributed by atoms with E-state index in [0.717, 1.165) is 57.6 Å². The van der Waals surface area contributed by atoms with Gasteiger partial charge in [-0.2, -0.15) is 0 Å². The van der Waals surface area contributed by atoms with Crippen LogP contribution < -0.4 is 0 Å². The van der Waals surface area contributed by atoms with Gasteiger partial charge in [0.2, 0.25) is 0 Å². The number of benzene rings is 1. The molecule has 0 radical (unpaired) electrons. The second-order valence-electron chi connectivity index (χ2n) is 10.4. The fraction of sp³-hybridized carbons (Fsp3) is 0.676. The van der Waals surface area contributed by atoms with E-state index in [1.165, 1.54) is 4.90 Å². The lowest BCUT2D eigenvalue weighted by atomic mass is 10.0. The monoisotopic (exact) mass is 613 g/mol. The number of ether oxygens (including phenoxy) is 1. The zero-order valence-corrected chi connectivity index (χ0v) is 27.9. The molecule has 9 heteroatoms. The summed E-state index contributed by atoms with van der Waals surface area (Å²) in [6.45, 7) is 22.0. The SMILES string of the molecule is CC.CC.CC.CCCC(CCCN1Cc2c(F)c(F)c(F)c(F)c2C1=O)N1CCN(C2CC=CC=C2OC(C)C)CC1. The molecule has 1 fully saturated rings. The Kier molecular flexibility index (Phi) is 17.8. The highest BCUT2D eigenvalue weighted by Gasteiger charge is 2.37. The number of allylic oxidation sites excluding steroid dienone is 2. The standard InChI is InChI=1S/C28H37F4N3O2.3C2H6/c1-4-8-19(33-13-15-34(16-14-33)21-10-5-6-11-22(21)37-18(2)3)9-7-12-35-17-20-23(28(35)36)25(30)27(32)26(31)24(20)29;3*1-2/h5-6,11,18-19,21H,4,7-10,12-17H2,1-3H3;3*1-2H3. The molecule has 1 aliphatic carbocycles. The van der Waals surface area contributed by atoms with Crippen LogP contribution >= 0.6 is 0 Å². The lowest BCUT2D eigenvalue weighted by Crippen LogP contribution is -2.54. The maximum atomic E-state index is 14.2. The molecule has 1 aromatic rings. The number of piperazine rings is 1. The quantitative estimate of drug-likeness (QED) is 0.151. The summed E-state index contributed by atoms with van der Waals surface area (Å²) in [7, 11) is 0. The van der Waals surface area contributed by atoms with E-state index in [9.17, 15) is 22.4 Å². The number of carbonyl (C=O) groups excluding carboxylic acids is 1. The molecule has 1 amide bonds. The molecular weight excluding hydrogens is 558 g/mol. The number of fused-ring (bicyclic) bond motifs is 1. The van der Waals surface area contributed by atoms with Gasteiger partial charge in [0.1, 0.15) is 5.76 Å². The second kappa shape index (κ2) is 19.8. The highest BCUT2D eigenvalue weighted by molar-refractivity contribution is 5.98. The average molecular weight is 614 g/mol. The van der Waals surface area contributed by atoms with Gasteiger partial charge in [-0.25, -0.2) is 17.6 Å². The zero-order valence-electron chi connectivity index (χ0n) is 27.9. The Morgan fingerprint density at radius 3 is 2.07 bits per heavy atom. The molecule has 5 nitrogen and oxygen atoms in total. The molecule has 1 saturated heterocycles. The maximum Gasteiger partial charge on any atom is 0.257 e. The number of amides is 1. The summed E-state index contributed by atoms with van der Waals surface area (Å²) >= 11 is 0. The van der Waals surface area contributed by atoms with Gasteiger partial charge < -0.3 is 9.64 Å². The predicted molar refractivity (Wildman–Crippen MR) is 168 cm³/mol. The van der Waals surface area contributed by atoms with Gasteiger partial charge >= 0.3 is 0 Å². The van der Waals surface area contributed by atoms with Crippen LogP contribution in [0.5, 0.6) is 0 Å². The molecule has 0 saturated carbocycles. The molecule has 0 spiro atoms. The van der Waals surface area contributed by atoms with Crippen LogP contribution in [0.1, 0.15) is 110 Å². The van der Waals surface area contributed by atoms with E-state index in [1.54, 1.807) is 0 Å². The highest BCUT2D eigenvalue weighted by Crippen LogP contribution is 2.32. The molecule has 2 heterocycles. The van der Waals surface area contributed by atoms with Gasteiger partial charge in [-0.15, -0.1) is 0 Å². The normalized spacial score (nSPS) is 18.9. The molecular formula is C34H55F4N3O2. The second-order valence-corrected chi connectivity index (χ2v) is 10.4. The maximum absolute atomic E-state index is 14.2. The van der Waals surface area contributed by atoms with Crippen LogP contribution in [0.15, 0.2) is 24.0 Å². The van der Waals surface area contributed by atoms with Crippen molar-refractivity contribution in [3.8, 4) is 0 Å². The number of halogens is 4. The smallest absolute Gasteiger partial charge is 0.257 e. The van der Waals surface area contributed by atoms with Gasteiger partial charge in [0.15, 0.2) is 23.3 Å². The molecule has 0 N–H and O–H groups in total. The lowest BCUT2D eigenvalue weighted by Gasteiger charge is -2.43. The Morgan fingerprint density at radius 2 is 1.49 bits per heavy atom. The molecule has 1 aromatic carbocycles. The van der Waals surface area contributed by atoms with E-state index in [1.807, 2.05) is 55.4 Å². The van der Waals surface area contributed by atoms with Crippen molar-refractivity contribution in [3.05, 3.63) is 58.4 Å². The summed E-state index contributed by atoms with van der Waals surface area (Å²) in [6.07, 6.45) is 10.9. The van der Waals surface area contributed by atoms with Crippen LogP contribution in [-0.4, -0.2) is 71.5 Å². The van der Waals surface area contributed by atoms with Crippen molar-refractivity contribution in [2.45, 2.75) is 119 Å². The molecule has 2 unspecified atom stereocenters. The summed E-state index contributed by atoms with van der Waals surface area (Å²) < 4.78 is 61.6. The van der Waals surface area contributed by atoms with Gasteiger partial charge in [-0.3, -0.25) is 14.6 Å². The first-order valence-corrected chi connectivity index (χ1v) is 16.4. The van der Waals surface area contributed by atoms with Crippen molar-refractivity contribution in [2.75, 3.05) is 32.7 Å². The summed E-state index contributed by atoms with van der Waals surface area (Å²) in [4.78, 5) is 18.9. The Bertz CT molecular complexity index is 1050. The minimum Gasteiger partial charge on any atom is -0.494 e. The molecule has 0 aromatic heterocycles. The first-order valence-electron chi connectivity index (χ1n) is 16.4. The molecule has 3 aliphatic rings. The van der Waals surface area contributed by atoms with Crippen molar-refractivity contribution >= 4 is 5.91 Å². The zero-order chi connectivity index (χ0) is 32.7. The third-order valence-electron chi connectivity index (χ3n) is 7.56. The summed E-state index contributed by atoms with van der Waals surface area (Å²) in [5, 5.41) is 0. The lowest BCUT2D eigenvalue weighted by molar-refractivity contribution is 0.0387. The van der Waals surface area contributed by atoms with E-state index in [-0.39, 0.29) is 25.2 Å². The molecule has 0 bridgehead atoms. The van der Waals surface area contributed by atoms with Gasteiger partial charge in [0.25, 0.3) is 5.91 Å². The van der Waals surface area contributed by atoms with E-state index in [0.29, 0.717) is 12.5 Å². The number of rotatable bonds is 10. The third-order valence-corrected chi connectivity index (χ3v) is 7.56. The third kappa shape index (κ3) is 9.80. The topological polar surface area (TPSA) is 36.0 Å². The van der Waals surface area contributed by atoms with Crippen LogP contribution in [0.3, 0.4) is 0 Å². The van der Waals surface area contributed by atoms with Crippen LogP contribution in [-0.2, 0) is 11.3 Å². The van der Waals surface area contributed by atoms with Crippen LogP contribution in [0.4, 0.5) is 17.6 Å². The van der Waals surface area contributed by atoms with Crippen molar-refractivity contribution in [3.63, 3.8) is 0 Å². The average Bonchev–Trinajstić information content (AvgIpc) is 3.37. The van der Waals surface area contributed by atoms with Crippen LogP contribution in [0.2, 0.25) is 0 Å². The van der Waals surface area contributed by atoms with Crippen LogP contribution in [0, 0.1) is 23.3 Å². The minimum absolute atomic E-state index is 0.136. The fourth-order valence-electron chi connectivity index (χ4n) is 5.74. The minimum atomic E-state index is -1.93. The largest absolute Gasteiger partial charge is 0.494 e. The van der Waals surface area contributed by atoms with E-state index < -0.39 is 40.3 Å². The Hall–Kier alpha value is -2.39. The number of carbonyl (C=O) groups is 1. The molecule has 2 atom stereocenters. The van der Waals surface area contributed by atoms with E-state index in [2.05, 4.69) is 35.0 Å². The molecule has 246 valence electrons. The van der Waals surface area contributed by atoms with Crippen LogP contribution in [0.25, 0.3) is 0 Å². The van der Waals surface area contributed by atoms with Crippen molar-refractivity contribution in [1.82, 2.24) is 14.7 Å². The molecule has 2 aliphatic heterocycles. The summed E-state index contributed by atoms with van der Waals surface area (Å²) in [5.41, 5.74) is -1.07. The first-order chi connectivity index (χ1) is 20.7. The molecule has 4 rings (SSSR count). The number of hydrogen-bond donors (Lipinski definition) is 0. The van der Waals surface area contributed by atoms with Gasteiger partial charge in [-0.05, 0) is 45.6 Å². The Labute approximate surface area is 257 Å². The van der Waals surface area contributed by atoms with Gasteiger partial charge in [-0.1, -0.05) is 67.0 Å². The highest BCUT2D eigenvalue weighted by atomic mass is 19.2. The van der Waals surface area contributed by atoms with E-state index >= 15 is 0 Å². The predicted octanol–water partition coefficient (Wildman–Crippen LogP) is 8.48. The van der Waals surface area contributed by atoms with Gasteiger partial charge in [0, 0.05) is 50.9 Å². The molecule has 43 heavy (non-hydrogen) atoms. The number of nitrogens with zero attached hydrogens (tertiary/aromatic N) is 3. The van der Waals surface area contributed by atoms with Crippen molar-refractivity contribution < 1.29 is 27.1 Å². The number of hydrogen-bond acceptors (Lipinski definition) is 4. The van der Waals surface area contributed by atoms with E-state index in [4.69, 9.17) is 4.74 Å². The Balaban J connectivity index is 0.00000145.